The molecule has 0 heterocycles. The number of hydrogen-bond acceptors (Lipinski definition) is 3. The fourth-order valence-electron chi connectivity index (χ4n) is 1.93. The van der Waals surface area contributed by atoms with Crippen molar-refractivity contribution in [2.75, 3.05) is 26.9 Å². The van der Waals surface area contributed by atoms with E-state index in [1.165, 1.54) is 0 Å². The van der Waals surface area contributed by atoms with Gasteiger partial charge in [0.1, 0.15) is 12.4 Å². The molecule has 1 N–H and O–H groups in total. The van der Waals surface area contributed by atoms with Crippen molar-refractivity contribution >= 4 is 10.8 Å². The van der Waals surface area contributed by atoms with E-state index in [1.807, 2.05) is 36.4 Å². The Hall–Kier alpha value is -2.02. The van der Waals surface area contributed by atoms with Crippen LogP contribution in [0.3, 0.4) is 0 Å². The summed E-state index contributed by atoms with van der Waals surface area (Å²) in [6, 6.07) is 12.0. The first-order chi connectivity index (χ1) is 9.83. The van der Waals surface area contributed by atoms with Crippen LogP contribution in [0.15, 0.2) is 36.4 Å². The molecule has 0 saturated heterocycles. The van der Waals surface area contributed by atoms with Crippen LogP contribution in [0.1, 0.15) is 12.0 Å². The quantitative estimate of drug-likeness (QED) is 0.670. The molecule has 0 aliphatic carbocycles. The standard InChI is InChI=1S/C17H18O3/c1-19-10-3-11-20-17-8-7-15-12-14(4-2-9-18)5-6-16(15)13-17/h5-8,12-13,18H,3,9-11H2,1H3. The minimum absolute atomic E-state index is 0.119. The largest absolute Gasteiger partial charge is 0.493 e. The monoisotopic (exact) mass is 270 g/mol. The first kappa shape index (κ1) is 14.4. The number of aliphatic hydroxyl groups is 1. The van der Waals surface area contributed by atoms with E-state index in [2.05, 4.69) is 11.8 Å². The molecule has 0 amide bonds. The molecule has 0 aromatic heterocycles. The van der Waals surface area contributed by atoms with Crippen molar-refractivity contribution in [3.05, 3.63) is 42.0 Å². The Morgan fingerprint density at radius 2 is 1.85 bits per heavy atom. The van der Waals surface area contributed by atoms with E-state index in [9.17, 15) is 0 Å². The third-order valence-corrected chi connectivity index (χ3v) is 2.89. The van der Waals surface area contributed by atoms with Gasteiger partial charge in [0.05, 0.1) is 6.61 Å². The Morgan fingerprint density at radius 1 is 1.05 bits per heavy atom. The average Bonchev–Trinajstić information content (AvgIpc) is 2.49. The molecular formula is C17H18O3. The molecule has 0 bridgehead atoms. The molecule has 2 aromatic rings. The lowest BCUT2D eigenvalue weighted by atomic mass is 10.1. The minimum Gasteiger partial charge on any atom is -0.493 e. The number of ether oxygens (including phenoxy) is 2. The second-order valence-electron chi connectivity index (χ2n) is 4.38. The Balaban J connectivity index is 2.10. The van der Waals surface area contributed by atoms with Gasteiger partial charge in [-0.2, -0.15) is 0 Å². The van der Waals surface area contributed by atoms with Crippen molar-refractivity contribution in [1.29, 1.82) is 0 Å². The van der Waals surface area contributed by atoms with Gasteiger partial charge in [0.15, 0.2) is 0 Å². The first-order valence-electron chi connectivity index (χ1n) is 6.59. The maximum Gasteiger partial charge on any atom is 0.119 e. The highest BCUT2D eigenvalue weighted by molar-refractivity contribution is 5.85. The van der Waals surface area contributed by atoms with E-state index < -0.39 is 0 Å². The van der Waals surface area contributed by atoms with Crippen LogP contribution >= 0.6 is 0 Å². The lowest BCUT2D eigenvalue weighted by Gasteiger charge is -2.07. The number of benzene rings is 2. The molecule has 2 rings (SSSR count). The van der Waals surface area contributed by atoms with Gasteiger partial charge in [-0.25, -0.2) is 0 Å². The average molecular weight is 270 g/mol. The molecule has 0 fully saturated rings. The second kappa shape index (κ2) is 7.54. The normalized spacial score (nSPS) is 10.1. The molecule has 0 atom stereocenters. The Morgan fingerprint density at radius 3 is 2.65 bits per heavy atom. The lowest BCUT2D eigenvalue weighted by Crippen LogP contribution is -2.01. The predicted molar refractivity (Wildman–Crippen MR) is 79.9 cm³/mol. The van der Waals surface area contributed by atoms with Crippen LogP contribution in [0.5, 0.6) is 5.75 Å². The van der Waals surface area contributed by atoms with E-state index in [0.717, 1.165) is 28.5 Å². The van der Waals surface area contributed by atoms with Crippen LogP contribution < -0.4 is 4.74 Å². The fraction of sp³-hybridized carbons (Fsp3) is 0.294. The van der Waals surface area contributed by atoms with Gasteiger partial charge in [-0.15, -0.1) is 0 Å². The van der Waals surface area contributed by atoms with Gasteiger partial charge in [-0.1, -0.05) is 24.0 Å². The van der Waals surface area contributed by atoms with Crippen LogP contribution in [0.2, 0.25) is 0 Å². The van der Waals surface area contributed by atoms with E-state index in [-0.39, 0.29) is 6.61 Å². The molecule has 3 heteroatoms. The van der Waals surface area contributed by atoms with Crippen LogP contribution in [0.4, 0.5) is 0 Å². The highest BCUT2D eigenvalue weighted by Gasteiger charge is 1.99. The summed E-state index contributed by atoms with van der Waals surface area (Å²) in [6.07, 6.45) is 0.879. The molecule has 0 saturated carbocycles. The van der Waals surface area contributed by atoms with Crippen LogP contribution in [-0.4, -0.2) is 32.0 Å². The lowest BCUT2D eigenvalue weighted by molar-refractivity contribution is 0.172. The van der Waals surface area contributed by atoms with Gasteiger partial charge in [-0.3, -0.25) is 0 Å². The van der Waals surface area contributed by atoms with Gasteiger partial charge in [0.2, 0.25) is 0 Å². The van der Waals surface area contributed by atoms with Crippen molar-refractivity contribution in [2.45, 2.75) is 6.42 Å². The summed E-state index contributed by atoms with van der Waals surface area (Å²) in [5.74, 6) is 6.42. The summed E-state index contributed by atoms with van der Waals surface area (Å²) in [5, 5.41) is 10.9. The molecule has 0 radical (unpaired) electrons. The number of aliphatic hydroxyl groups excluding tert-OH is 1. The second-order valence-corrected chi connectivity index (χ2v) is 4.38. The van der Waals surface area contributed by atoms with E-state index in [0.29, 0.717) is 13.2 Å². The first-order valence-corrected chi connectivity index (χ1v) is 6.59. The molecule has 2 aromatic carbocycles. The van der Waals surface area contributed by atoms with Crippen molar-refractivity contribution in [3.63, 3.8) is 0 Å². The number of rotatable bonds is 5. The summed E-state index contributed by atoms with van der Waals surface area (Å²) in [5.41, 5.74) is 0.903. The maximum atomic E-state index is 8.70. The molecule has 0 aliphatic rings. The van der Waals surface area contributed by atoms with Crippen molar-refractivity contribution in [3.8, 4) is 17.6 Å². The Labute approximate surface area is 119 Å². The zero-order chi connectivity index (χ0) is 14.2. The maximum absolute atomic E-state index is 8.70. The van der Waals surface area contributed by atoms with Crippen molar-refractivity contribution in [2.24, 2.45) is 0 Å². The molecular weight excluding hydrogens is 252 g/mol. The number of fused-ring (bicyclic) bond motifs is 1. The predicted octanol–water partition coefficient (Wildman–Crippen LogP) is 2.60. The van der Waals surface area contributed by atoms with Gasteiger partial charge >= 0.3 is 0 Å². The zero-order valence-electron chi connectivity index (χ0n) is 11.6. The van der Waals surface area contributed by atoms with E-state index >= 15 is 0 Å². The summed E-state index contributed by atoms with van der Waals surface area (Å²) in [6.45, 7) is 1.24. The number of methoxy groups -OCH3 is 1. The summed E-state index contributed by atoms with van der Waals surface area (Å²) < 4.78 is 10.7. The van der Waals surface area contributed by atoms with Crippen LogP contribution in [-0.2, 0) is 4.74 Å². The van der Waals surface area contributed by atoms with Gasteiger partial charge < -0.3 is 14.6 Å². The van der Waals surface area contributed by atoms with E-state index in [1.54, 1.807) is 7.11 Å². The molecule has 104 valence electrons. The third-order valence-electron chi connectivity index (χ3n) is 2.89. The zero-order valence-corrected chi connectivity index (χ0v) is 11.6. The smallest absolute Gasteiger partial charge is 0.119 e. The summed E-state index contributed by atoms with van der Waals surface area (Å²) in [7, 11) is 1.69. The van der Waals surface area contributed by atoms with Crippen LogP contribution in [0, 0.1) is 11.8 Å². The minimum atomic E-state index is -0.119. The molecule has 0 aliphatic heterocycles. The molecule has 0 unspecified atom stereocenters. The third kappa shape index (κ3) is 3.99. The fourth-order valence-corrected chi connectivity index (χ4v) is 1.93. The Bertz CT molecular complexity index is 623. The highest BCUT2D eigenvalue weighted by Crippen LogP contribution is 2.22. The van der Waals surface area contributed by atoms with Crippen molar-refractivity contribution < 1.29 is 14.6 Å². The van der Waals surface area contributed by atoms with E-state index in [4.69, 9.17) is 14.6 Å². The molecule has 0 spiro atoms. The Kier molecular flexibility index (Phi) is 5.43. The molecule has 20 heavy (non-hydrogen) atoms. The topological polar surface area (TPSA) is 38.7 Å². The summed E-state index contributed by atoms with van der Waals surface area (Å²) in [4.78, 5) is 0. The van der Waals surface area contributed by atoms with Crippen molar-refractivity contribution in [1.82, 2.24) is 0 Å². The SMILES string of the molecule is COCCCOc1ccc2cc(C#CCO)ccc2c1. The molecule has 3 nitrogen and oxygen atoms in total. The van der Waals surface area contributed by atoms with Crippen LogP contribution in [0.25, 0.3) is 10.8 Å². The van der Waals surface area contributed by atoms with Gasteiger partial charge in [0.25, 0.3) is 0 Å². The summed E-state index contributed by atoms with van der Waals surface area (Å²) >= 11 is 0. The number of hydrogen-bond donors (Lipinski definition) is 1. The highest BCUT2D eigenvalue weighted by atomic mass is 16.5. The van der Waals surface area contributed by atoms with Gasteiger partial charge in [0, 0.05) is 25.7 Å². The van der Waals surface area contributed by atoms with Gasteiger partial charge in [-0.05, 0) is 35.0 Å².